The standard InChI is InChI=1S/C12H15ClO/c1-9(2)6-7-12(14)10-4-3-5-11(13)8-10/h3-5,8-9H,6-7H2,1-2H3. The molecule has 0 radical (unpaired) electrons. The van der Waals surface area contributed by atoms with E-state index in [0.29, 0.717) is 17.4 Å². The highest BCUT2D eigenvalue weighted by Gasteiger charge is 2.06. The summed E-state index contributed by atoms with van der Waals surface area (Å²) in [7, 11) is 0. The lowest BCUT2D eigenvalue weighted by molar-refractivity contribution is 0.0975. The molecular formula is C12H15ClO. The van der Waals surface area contributed by atoms with Gasteiger partial charge in [0.05, 0.1) is 0 Å². The third-order valence-electron chi connectivity index (χ3n) is 2.10. The van der Waals surface area contributed by atoms with Gasteiger partial charge in [0.1, 0.15) is 0 Å². The fourth-order valence-corrected chi connectivity index (χ4v) is 1.42. The summed E-state index contributed by atoms with van der Waals surface area (Å²) in [4.78, 5) is 11.6. The van der Waals surface area contributed by atoms with Crippen LogP contribution in [0.25, 0.3) is 0 Å². The second-order valence-electron chi connectivity index (χ2n) is 3.87. The van der Waals surface area contributed by atoms with E-state index in [9.17, 15) is 4.79 Å². The molecule has 2 heteroatoms. The highest BCUT2D eigenvalue weighted by atomic mass is 35.5. The Balaban J connectivity index is 2.61. The van der Waals surface area contributed by atoms with Crippen molar-refractivity contribution < 1.29 is 4.79 Å². The molecule has 0 aromatic heterocycles. The number of carbonyl (C=O) groups excluding carboxylic acids is 1. The summed E-state index contributed by atoms with van der Waals surface area (Å²) < 4.78 is 0. The Morgan fingerprint density at radius 2 is 2.14 bits per heavy atom. The van der Waals surface area contributed by atoms with Gasteiger partial charge in [-0.3, -0.25) is 4.79 Å². The predicted octanol–water partition coefficient (Wildman–Crippen LogP) is 3.96. The zero-order chi connectivity index (χ0) is 10.6. The number of ketones is 1. The number of halogens is 1. The van der Waals surface area contributed by atoms with Gasteiger partial charge in [0.25, 0.3) is 0 Å². The van der Waals surface area contributed by atoms with Crippen LogP contribution in [0.15, 0.2) is 24.3 Å². The average molecular weight is 211 g/mol. The molecule has 0 saturated heterocycles. The highest BCUT2D eigenvalue weighted by molar-refractivity contribution is 6.31. The van der Waals surface area contributed by atoms with Gasteiger partial charge < -0.3 is 0 Å². The van der Waals surface area contributed by atoms with Crippen molar-refractivity contribution in [1.29, 1.82) is 0 Å². The number of benzene rings is 1. The summed E-state index contributed by atoms with van der Waals surface area (Å²) in [5.74, 6) is 0.749. The smallest absolute Gasteiger partial charge is 0.162 e. The normalized spacial score (nSPS) is 10.6. The number of rotatable bonds is 4. The third-order valence-corrected chi connectivity index (χ3v) is 2.33. The Hall–Kier alpha value is -0.820. The molecule has 0 amide bonds. The monoisotopic (exact) mass is 210 g/mol. The molecule has 1 aromatic carbocycles. The van der Waals surface area contributed by atoms with E-state index >= 15 is 0 Å². The topological polar surface area (TPSA) is 17.1 Å². The van der Waals surface area contributed by atoms with E-state index in [2.05, 4.69) is 13.8 Å². The second-order valence-corrected chi connectivity index (χ2v) is 4.30. The van der Waals surface area contributed by atoms with E-state index in [0.717, 1.165) is 12.0 Å². The van der Waals surface area contributed by atoms with Crippen LogP contribution in [0.3, 0.4) is 0 Å². The molecule has 76 valence electrons. The summed E-state index contributed by atoms with van der Waals surface area (Å²) in [6, 6.07) is 7.13. The Morgan fingerprint density at radius 3 is 2.71 bits per heavy atom. The maximum atomic E-state index is 11.6. The van der Waals surface area contributed by atoms with Crippen LogP contribution < -0.4 is 0 Å². The lowest BCUT2D eigenvalue weighted by atomic mass is 10.0. The Kier molecular flexibility index (Phi) is 4.15. The van der Waals surface area contributed by atoms with Gasteiger partial charge in [0, 0.05) is 17.0 Å². The van der Waals surface area contributed by atoms with Crippen LogP contribution in [0.2, 0.25) is 5.02 Å². The molecule has 0 N–H and O–H groups in total. The van der Waals surface area contributed by atoms with E-state index in [1.165, 1.54) is 0 Å². The van der Waals surface area contributed by atoms with E-state index in [1.54, 1.807) is 12.1 Å². The largest absolute Gasteiger partial charge is 0.294 e. The first-order chi connectivity index (χ1) is 6.59. The van der Waals surface area contributed by atoms with E-state index in [4.69, 9.17) is 11.6 Å². The molecule has 0 spiro atoms. The molecule has 0 heterocycles. The van der Waals surface area contributed by atoms with E-state index < -0.39 is 0 Å². The van der Waals surface area contributed by atoms with Gasteiger partial charge in [-0.2, -0.15) is 0 Å². The molecular weight excluding hydrogens is 196 g/mol. The van der Waals surface area contributed by atoms with Crippen LogP contribution in [0, 0.1) is 5.92 Å². The summed E-state index contributed by atoms with van der Waals surface area (Å²) in [6.07, 6.45) is 1.54. The quantitative estimate of drug-likeness (QED) is 0.688. The lowest BCUT2D eigenvalue weighted by Crippen LogP contribution is -2.00. The maximum absolute atomic E-state index is 11.6. The molecule has 0 atom stereocenters. The summed E-state index contributed by atoms with van der Waals surface area (Å²) in [5.41, 5.74) is 0.721. The third kappa shape index (κ3) is 3.51. The minimum Gasteiger partial charge on any atom is -0.294 e. The van der Waals surface area contributed by atoms with Crippen LogP contribution in [0.5, 0.6) is 0 Å². The first-order valence-corrected chi connectivity index (χ1v) is 5.26. The van der Waals surface area contributed by atoms with Gasteiger partial charge in [-0.1, -0.05) is 37.6 Å². The summed E-state index contributed by atoms with van der Waals surface area (Å²) >= 11 is 5.80. The number of hydrogen-bond donors (Lipinski definition) is 0. The van der Waals surface area contributed by atoms with Crippen molar-refractivity contribution in [3.8, 4) is 0 Å². The van der Waals surface area contributed by atoms with Crippen molar-refractivity contribution >= 4 is 17.4 Å². The number of hydrogen-bond acceptors (Lipinski definition) is 1. The lowest BCUT2D eigenvalue weighted by Gasteiger charge is -2.03. The second kappa shape index (κ2) is 5.16. The van der Waals surface area contributed by atoms with Crippen molar-refractivity contribution in [2.75, 3.05) is 0 Å². The highest BCUT2D eigenvalue weighted by Crippen LogP contribution is 2.14. The minimum absolute atomic E-state index is 0.182. The predicted molar refractivity (Wildman–Crippen MR) is 59.9 cm³/mol. The van der Waals surface area contributed by atoms with E-state index in [1.807, 2.05) is 12.1 Å². The van der Waals surface area contributed by atoms with Crippen molar-refractivity contribution in [2.24, 2.45) is 5.92 Å². The SMILES string of the molecule is CC(C)CCC(=O)c1cccc(Cl)c1. The average Bonchev–Trinajstić information content (AvgIpc) is 2.14. The fourth-order valence-electron chi connectivity index (χ4n) is 1.23. The molecule has 1 rings (SSSR count). The van der Waals surface area contributed by atoms with Crippen LogP contribution in [0.1, 0.15) is 37.0 Å². The summed E-state index contributed by atoms with van der Waals surface area (Å²) in [6.45, 7) is 4.23. The van der Waals surface area contributed by atoms with Crippen LogP contribution >= 0.6 is 11.6 Å². The maximum Gasteiger partial charge on any atom is 0.162 e. The zero-order valence-corrected chi connectivity index (χ0v) is 9.34. The van der Waals surface area contributed by atoms with Crippen molar-refractivity contribution in [3.63, 3.8) is 0 Å². The zero-order valence-electron chi connectivity index (χ0n) is 8.59. The number of carbonyl (C=O) groups is 1. The Bertz CT molecular complexity index is 318. The van der Waals surface area contributed by atoms with Crippen LogP contribution in [-0.2, 0) is 0 Å². The molecule has 1 nitrogen and oxygen atoms in total. The molecule has 1 aromatic rings. The van der Waals surface area contributed by atoms with Crippen molar-refractivity contribution in [3.05, 3.63) is 34.9 Å². The van der Waals surface area contributed by atoms with Gasteiger partial charge in [-0.25, -0.2) is 0 Å². The molecule has 0 bridgehead atoms. The first-order valence-electron chi connectivity index (χ1n) is 4.88. The Morgan fingerprint density at radius 1 is 1.43 bits per heavy atom. The first kappa shape index (κ1) is 11.3. The van der Waals surface area contributed by atoms with Gasteiger partial charge in [-0.15, -0.1) is 0 Å². The minimum atomic E-state index is 0.182. The summed E-state index contributed by atoms with van der Waals surface area (Å²) in [5, 5.41) is 0.625. The molecule has 14 heavy (non-hydrogen) atoms. The van der Waals surface area contributed by atoms with Gasteiger partial charge in [0.15, 0.2) is 5.78 Å². The molecule has 0 aliphatic carbocycles. The van der Waals surface area contributed by atoms with Gasteiger partial charge >= 0.3 is 0 Å². The van der Waals surface area contributed by atoms with Crippen molar-refractivity contribution in [2.45, 2.75) is 26.7 Å². The molecule has 0 unspecified atom stereocenters. The Labute approximate surface area is 90.1 Å². The van der Waals surface area contributed by atoms with Crippen LogP contribution in [-0.4, -0.2) is 5.78 Å². The fraction of sp³-hybridized carbons (Fsp3) is 0.417. The molecule has 0 saturated carbocycles. The van der Waals surface area contributed by atoms with Crippen molar-refractivity contribution in [1.82, 2.24) is 0 Å². The van der Waals surface area contributed by atoms with Crippen LogP contribution in [0.4, 0.5) is 0 Å². The molecule has 0 aliphatic rings. The molecule has 0 aliphatic heterocycles. The van der Waals surface area contributed by atoms with Gasteiger partial charge in [-0.05, 0) is 24.5 Å². The molecule has 0 fully saturated rings. The number of Topliss-reactive ketones (excluding diaryl/α,β-unsaturated/α-hetero) is 1. The van der Waals surface area contributed by atoms with E-state index in [-0.39, 0.29) is 5.78 Å². The van der Waals surface area contributed by atoms with Gasteiger partial charge in [0.2, 0.25) is 0 Å².